The minimum Gasteiger partial charge on any atom is -0.455 e. The molecule has 3 heteroatoms. The van der Waals surface area contributed by atoms with Crippen LogP contribution in [-0.2, 0) is 5.41 Å². The number of nitrogens with zero attached hydrogens (tertiary/aromatic N) is 1. The third-order valence-corrected chi connectivity index (χ3v) is 14.2. The number of para-hydroxylation sites is 1. The van der Waals surface area contributed by atoms with Crippen molar-refractivity contribution in [3.63, 3.8) is 0 Å². The monoisotopic (exact) mass is 757 g/mol. The van der Waals surface area contributed by atoms with Crippen LogP contribution < -0.4 is 4.90 Å². The summed E-state index contributed by atoms with van der Waals surface area (Å²) in [6.45, 7) is 4.73. The maximum atomic E-state index is 6.58. The van der Waals surface area contributed by atoms with E-state index in [1.54, 1.807) is 0 Å². The van der Waals surface area contributed by atoms with Crippen LogP contribution in [0.4, 0.5) is 17.1 Å². The van der Waals surface area contributed by atoms with Crippen LogP contribution in [0.15, 0.2) is 180 Å². The zero-order chi connectivity index (χ0) is 38.3. The predicted octanol–water partition coefficient (Wildman–Crippen LogP) is 16.3. The van der Waals surface area contributed by atoms with E-state index in [9.17, 15) is 0 Å². The number of hydrogen-bond donors (Lipinski definition) is 0. The molecule has 58 heavy (non-hydrogen) atoms. The summed E-state index contributed by atoms with van der Waals surface area (Å²) in [5, 5.41) is 14.8. The first-order chi connectivity index (χ1) is 28.5. The van der Waals surface area contributed by atoms with Gasteiger partial charge in [-0.05, 0) is 109 Å². The highest BCUT2D eigenvalue weighted by molar-refractivity contribution is 7.26. The molecule has 2 aromatic heterocycles. The molecule has 272 valence electrons. The van der Waals surface area contributed by atoms with Gasteiger partial charge in [0.1, 0.15) is 11.2 Å². The molecular formula is C55H35NOS. The van der Waals surface area contributed by atoms with Gasteiger partial charge in [0.15, 0.2) is 0 Å². The van der Waals surface area contributed by atoms with Crippen molar-refractivity contribution in [3.8, 4) is 11.1 Å². The summed E-state index contributed by atoms with van der Waals surface area (Å²) in [6.07, 6.45) is 0. The Morgan fingerprint density at radius 3 is 1.81 bits per heavy atom. The van der Waals surface area contributed by atoms with Crippen LogP contribution in [0.1, 0.15) is 25.0 Å². The van der Waals surface area contributed by atoms with Gasteiger partial charge in [0.2, 0.25) is 0 Å². The van der Waals surface area contributed by atoms with Crippen molar-refractivity contribution in [3.05, 3.63) is 187 Å². The predicted molar refractivity (Wildman–Crippen MR) is 249 cm³/mol. The Labute approximate surface area is 338 Å². The van der Waals surface area contributed by atoms with Crippen molar-refractivity contribution >= 4 is 114 Å². The van der Waals surface area contributed by atoms with Gasteiger partial charge in [-0.15, -0.1) is 11.3 Å². The van der Waals surface area contributed by atoms with E-state index in [1.807, 2.05) is 17.4 Å². The van der Waals surface area contributed by atoms with Crippen LogP contribution in [0, 0.1) is 0 Å². The fraction of sp³-hybridized carbons (Fsp3) is 0.0545. The lowest BCUT2D eigenvalue weighted by molar-refractivity contribution is 0.660. The highest BCUT2D eigenvalue weighted by Crippen LogP contribution is 2.51. The molecule has 0 saturated heterocycles. The maximum Gasteiger partial charge on any atom is 0.143 e. The highest BCUT2D eigenvalue weighted by Gasteiger charge is 2.35. The fourth-order valence-corrected chi connectivity index (χ4v) is 11.5. The Hall–Kier alpha value is -6.94. The molecule has 13 rings (SSSR count). The van der Waals surface area contributed by atoms with Crippen LogP contribution >= 0.6 is 11.3 Å². The Kier molecular flexibility index (Phi) is 6.42. The molecular weight excluding hydrogens is 723 g/mol. The number of rotatable bonds is 3. The van der Waals surface area contributed by atoms with Gasteiger partial charge in [-0.2, -0.15) is 0 Å². The van der Waals surface area contributed by atoms with Crippen molar-refractivity contribution in [1.29, 1.82) is 0 Å². The molecule has 0 radical (unpaired) electrons. The van der Waals surface area contributed by atoms with Crippen molar-refractivity contribution in [2.24, 2.45) is 0 Å². The molecule has 0 bridgehead atoms. The molecule has 0 fully saturated rings. The Bertz CT molecular complexity index is 3540. The summed E-state index contributed by atoms with van der Waals surface area (Å²) in [6, 6.07) is 65.2. The van der Waals surface area contributed by atoms with E-state index in [4.69, 9.17) is 4.42 Å². The van der Waals surface area contributed by atoms with E-state index < -0.39 is 0 Å². The second-order valence-corrected chi connectivity index (χ2v) is 17.5. The third-order valence-electron chi connectivity index (χ3n) is 13.0. The second kappa shape index (κ2) is 11.6. The first-order valence-electron chi connectivity index (χ1n) is 20.1. The van der Waals surface area contributed by atoms with Gasteiger partial charge in [0.25, 0.3) is 0 Å². The zero-order valence-corrected chi connectivity index (χ0v) is 32.8. The van der Waals surface area contributed by atoms with Gasteiger partial charge in [0.05, 0.1) is 0 Å². The van der Waals surface area contributed by atoms with Crippen LogP contribution in [0.25, 0.3) is 96.3 Å². The Balaban J connectivity index is 1.04. The summed E-state index contributed by atoms with van der Waals surface area (Å²) in [5.41, 5.74) is 10.5. The SMILES string of the molecule is CC1(C)c2ccccc2-c2ccc(N(c3ccc4c(ccc5ccc6c7ccccc7oc6c54)c3)c3ccc4c(ccc5ccc6c7ccccc7sc6c54)c3)cc21. The minimum absolute atomic E-state index is 0.119. The third kappa shape index (κ3) is 4.37. The van der Waals surface area contributed by atoms with Gasteiger partial charge in [-0.1, -0.05) is 135 Å². The maximum absolute atomic E-state index is 6.58. The molecule has 1 aliphatic rings. The van der Waals surface area contributed by atoms with Crippen LogP contribution in [-0.4, -0.2) is 0 Å². The molecule has 0 atom stereocenters. The van der Waals surface area contributed by atoms with E-state index in [0.29, 0.717) is 0 Å². The standard InChI is InChI=1S/C55H35NOS/c1-55(2)47-12-6-3-9-41(47)42-28-23-38(31-48(42)55)56(36-21-26-39-34(29-36)17-15-32-19-24-45-43-10-4-7-13-49(43)57-53(45)51(32)39)37-22-27-40-35(30-37)18-16-33-20-25-46-44-11-5-8-14-50(44)58-54(46)52(33)40/h3-31H,1-2H3. The van der Waals surface area contributed by atoms with E-state index in [2.05, 4.69) is 189 Å². The summed E-state index contributed by atoms with van der Waals surface area (Å²) in [7, 11) is 0. The molecule has 2 nitrogen and oxygen atoms in total. The molecule has 0 N–H and O–H groups in total. The highest BCUT2D eigenvalue weighted by atomic mass is 32.1. The largest absolute Gasteiger partial charge is 0.455 e. The van der Waals surface area contributed by atoms with Crippen molar-refractivity contribution in [2.75, 3.05) is 4.90 Å². The molecule has 1 aliphatic carbocycles. The van der Waals surface area contributed by atoms with Crippen molar-refractivity contribution < 1.29 is 4.42 Å². The summed E-state index contributed by atoms with van der Waals surface area (Å²) in [4.78, 5) is 2.45. The molecule has 0 unspecified atom stereocenters. The van der Waals surface area contributed by atoms with Gasteiger partial charge >= 0.3 is 0 Å². The van der Waals surface area contributed by atoms with Gasteiger partial charge < -0.3 is 9.32 Å². The van der Waals surface area contributed by atoms with E-state index in [1.165, 1.54) is 80.1 Å². The fourth-order valence-electron chi connectivity index (χ4n) is 10.2. The van der Waals surface area contributed by atoms with Crippen LogP contribution in [0.5, 0.6) is 0 Å². The molecule has 0 amide bonds. The van der Waals surface area contributed by atoms with E-state index >= 15 is 0 Å². The first kappa shape index (κ1) is 32.2. The molecule has 0 spiro atoms. The van der Waals surface area contributed by atoms with E-state index in [0.717, 1.165) is 44.4 Å². The van der Waals surface area contributed by atoms with E-state index in [-0.39, 0.29) is 5.41 Å². The molecule has 12 aromatic rings. The number of thiophene rings is 1. The van der Waals surface area contributed by atoms with Gasteiger partial charge in [0, 0.05) is 64.2 Å². The summed E-state index contributed by atoms with van der Waals surface area (Å²) < 4.78 is 9.27. The normalized spacial score (nSPS) is 13.5. The first-order valence-corrected chi connectivity index (χ1v) is 20.9. The smallest absolute Gasteiger partial charge is 0.143 e. The number of furan rings is 1. The van der Waals surface area contributed by atoms with Gasteiger partial charge in [-0.3, -0.25) is 0 Å². The summed E-state index contributed by atoms with van der Waals surface area (Å²) >= 11 is 1.90. The second-order valence-electron chi connectivity index (χ2n) is 16.5. The molecule has 10 aromatic carbocycles. The van der Waals surface area contributed by atoms with Crippen molar-refractivity contribution in [2.45, 2.75) is 19.3 Å². The lowest BCUT2D eigenvalue weighted by Gasteiger charge is -2.28. The average molecular weight is 758 g/mol. The Morgan fingerprint density at radius 1 is 0.431 bits per heavy atom. The number of hydrogen-bond acceptors (Lipinski definition) is 3. The average Bonchev–Trinajstić information content (AvgIpc) is 3.91. The topological polar surface area (TPSA) is 16.4 Å². The molecule has 0 aliphatic heterocycles. The van der Waals surface area contributed by atoms with Gasteiger partial charge in [-0.25, -0.2) is 0 Å². The van der Waals surface area contributed by atoms with Crippen LogP contribution in [0.3, 0.4) is 0 Å². The number of benzene rings is 10. The quantitative estimate of drug-likeness (QED) is 0.167. The molecule has 0 saturated carbocycles. The zero-order valence-electron chi connectivity index (χ0n) is 32.0. The Morgan fingerprint density at radius 2 is 1.00 bits per heavy atom. The number of anilines is 3. The lowest BCUT2D eigenvalue weighted by Crippen LogP contribution is -2.16. The van der Waals surface area contributed by atoms with Crippen LogP contribution in [0.2, 0.25) is 0 Å². The molecule has 2 heterocycles. The minimum atomic E-state index is -0.119. The number of fused-ring (bicyclic) bond motifs is 17. The lowest BCUT2D eigenvalue weighted by atomic mass is 9.82. The van der Waals surface area contributed by atoms with Crippen molar-refractivity contribution in [1.82, 2.24) is 0 Å². The summed E-state index contributed by atoms with van der Waals surface area (Å²) in [5.74, 6) is 0.